The van der Waals surface area contributed by atoms with Crippen LogP contribution in [0, 0.1) is 0 Å². The Hall–Kier alpha value is -0.160. The van der Waals surface area contributed by atoms with Crippen LogP contribution in [0.2, 0.25) is 0 Å². The van der Waals surface area contributed by atoms with Gasteiger partial charge < -0.3 is 19.3 Å². The van der Waals surface area contributed by atoms with Gasteiger partial charge in [0, 0.05) is 0 Å². The normalized spacial score (nSPS) is 18.3. The quantitative estimate of drug-likeness (QED) is 0.304. The molecule has 4 heteroatoms. The Kier molecular flexibility index (Phi) is 14.0. The lowest BCUT2D eigenvalue weighted by atomic mass is 10.0. The molecule has 1 rings (SSSR count). The summed E-state index contributed by atoms with van der Waals surface area (Å²) in [5.41, 5.74) is 0. The van der Waals surface area contributed by atoms with E-state index in [1.807, 2.05) is 0 Å². The van der Waals surface area contributed by atoms with Crippen molar-refractivity contribution in [2.24, 2.45) is 0 Å². The van der Waals surface area contributed by atoms with Gasteiger partial charge in [-0.3, -0.25) is 0 Å². The lowest BCUT2D eigenvalue weighted by Crippen LogP contribution is -2.22. The van der Waals surface area contributed by atoms with Crippen molar-refractivity contribution in [1.82, 2.24) is 0 Å². The van der Waals surface area contributed by atoms with E-state index in [-0.39, 0.29) is 12.7 Å². The number of hydrogen-bond donors (Lipinski definition) is 1. The number of unbranched alkanes of at least 4 members (excludes halogenated alkanes) is 9. The van der Waals surface area contributed by atoms with Crippen molar-refractivity contribution < 1.29 is 19.3 Å². The van der Waals surface area contributed by atoms with Gasteiger partial charge in [-0.25, -0.2) is 0 Å². The summed E-state index contributed by atoms with van der Waals surface area (Å²) >= 11 is 0. The van der Waals surface area contributed by atoms with Gasteiger partial charge in [0.2, 0.25) is 0 Å². The van der Waals surface area contributed by atoms with Crippen LogP contribution < -0.4 is 0 Å². The third kappa shape index (κ3) is 12.9. The van der Waals surface area contributed by atoms with Crippen molar-refractivity contribution in [3.8, 4) is 0 Å². The maximum Gasteiger partial charge on any atom is 0.107 e. The SMILES string of the molecule is CCCCCCCCCCCCC(OCCOCCO)C1CO1. The Morgan fingerprint density at radius 3 is 2.09 bits per heavy atom. The van der Waals surface area contributed by atoms with Gasteiger partial charge in [0.05, 0.1) is 39.1 Å². The van der Waals surface area contributed by atoms with Crippen LogP contribution in [-0.4, -0.2) is 50.3 Å². The van der Waals surface area contributed by atoms with E-state index in [0.29, 0.717) is 25.9 Å². The second kappa shape index (κ2) is 15.4. The van der Waals surface area contributed by atoms with E-state index >= 15 is 0 Å². The van der Waals surface area contributed by atoms with E-state index in [0.717, 1.165) is 13.0 Å². The van der Waals surface area contributed by atoms with Crippen molar-refractivity contribution in [2.75, 3.05) is 33.0 Å². The summed E-state index contributed by atoms with van der Waals surface area (Å²) in [5.74, 6) is 0. The molecule has 0 radical (unpaired) electrons. The highest BCUT2D eigenvalue weighted by Gasteiger charge is 2.32. The van der Waals surface area contributed by atoms with E-state index in [2.05, 4.69) is 6.92 Å². The molecule has 1 aliphatic rings. The molecule has 0 aromatic heterocycles. The third-order valence-electron chi connectivity index (χ3n) is 4.41. The van der Waals surface area contributed by atoms with Crippen LogP contribution >= 0.6 is 0 Å². The molecule has 0 aliphatic carbocycles. The number of aliphatic hydroxyl groups excluding tert-OH is 1. The predicted octanol–water partition coefficient (Wildman–Crippen LogP) is 4.09. The van der Waals surface area contributed by atoms with Crippen LogP contribution in [0.15, 0.2) is 0 Å². The highest BCUT2D eigenvalue weighted by molar-refractivity contribution is 4.80. The molecular weight excluding hydrogens is 292 g/mol. The molecule has 0 spiro atoms. The summed E-state index contributed by atoms with van der Waals surface area (Å²) < 4.78 is 16.5. The Morgan fingerprint density at radius 1 is 0.913 bits per heavy atom. The molecule has 2 unspecified atom stereocenters. The summed E-state index contributed by atoms with van der Waals surface area (Å²) in [6.45, 7) is 4.75. The van der Waals surface area contributed by atoms with Crippen molar-refractivity contribution in [3.63, 3.8) is 0 Å². The monoisotopic (exact) mass is 330 g/mol. The number of hydrogen-bond acceptors (Lipinski definition) is 4. The first-order valence-electron chi connectivity index (χ1n) is 9.80. The van der Waals surface area contributed by atoms with Gasteiger partial charge in [-0.2, -0.15) is 0 Å². The molecule has 0 amide bonds. The summed E-state index contributed by atoms with van der Waals surface area (Å²) in [5, 5.41) is 8.65. The van der Waals surface area contributed by atoms with E-state index in [9.17, 15) is 0 Å². The molecule has 0 aromatic carbocycles. The molecule has 1 saturated heterocycles. The third-order valence-corrected chi connectivity index (χ3v) is 4.41. The van der Waals surface area contributed by atoms with E-state index in [1.54, 1.807) is 0 Å². The zero-order valence-corrected chi connectivity index (χ0v) is 15.1. The van der Waals surface area contributed by atoms with Crippen LogP contribution in [0.4, 0.5) is 0 Å². The van der Waals surface area contributed by atoms with Gasteiger partial charge in [0.25, 0.3) is 0 Å². The number of ether oxygens (including phenoxy) is 3. The van der Waals surface area contributed by atoms with Gasteiger partial charge >= 0.3 is 0 Å². The van der Waals surface area contributed by atoms with Gasteiger partial charge in [-0.15, -0.1) is 0 Å². The van der Waals surface area contributed by atoms with Crippen LogP contribution in [0.1, 0.15) is 77.6 Å². The highest BCUT2D eigenvalue weighted by atomic mass is 16.6. The lowest BCUT2D eigenvalue weighted by molar-refractivity contribution is -0.0164. The largest absolute Gasteiger partial charge is 0.394 e. The second-order valence-electron chi connectivity index (χ2n) is 6.59. The fourth-order valence-electron chi connectivity index (χ4n) is 2.90. The van der Waals surface area contributed by atoms with Crippen LogP contribution in [-0.2, 0) is 14.2 Å². The first-order chi connectivity index (χ1) is 11.4. The lowest BCUT2D eigenvalue weighted by Gasteiger charge is -2.15. The molecule has 138 valence electrons. The smallest absolute Gasteiger partial charge is 0.107 e. The highest BCUT2D eigenvalue weighted by Crippen LogP contribution is 2.22. The Bertz CT molecular complexity index is 244. The molecule has 1 heterocycles. The maximum absolute atomic E-state index is 8.65. The molecule has 4 nitrogen and oxygen atoms in total. The molecule has 1 aliphatic heterocycles. The summed E-state index contributed by atoms with van der Waals surface area (Å²) in [4.78, 5) is 0. The topological polar surface area (TPSA) is 51.2 Å². The van der Waals surface area contributed by atoms with Crippen molar-refractivity contribution in [2.45, 2.75) is 89.8 Å². The minimum absolute atomic E-state index is 0.0772. The summed E-state index contributed by atoms with van der Waals surface area (Å²) in [7, 11) is 0. The second-order valence-corrected chi connectivity index (χ2v) is 6.59. The van der Waals surface area contributed by atoms with Gasteiger partial charge in [0.15, 0.2) is 0 Å². The van der Waals surface area contributed by atoms with Crippen LogP contribution in [0.3, 0.4) is 0 Å². The maximum atomic E-state index is 8.65. The van der Waals surface area contributed by atoms with E-state index in [4.69, 9.17) is 19.3 Å². The fraction of sp³-hybridized carbons (Fsp3) is 1.00. The van der Waals surface area contributed by atoms with Gasteiger partial charge in [0.1, 0.15) is 6.10 Å². The molecule has 2 atom stereocenters. The minimum atomic E-state index is 0.0772. The molecule has 0 bridgehead atoms. The molecule has 1 N–H and O–H groups in total. The average Bonchev–Trinajstić information content (AvgIpc) is 3.39. The zero-order chi connectivity index (χ0) is 16.6. The minimum Gasteiger partial charge on any atom is -0.394 e. The molecule has 1 fully saturated rings. The number of rotatable bonds is 18. The fourth-order valence-corrected chi connectivity index (χ4v) is 2.90. The molecule has 0 saturated carbocycles. The van der Waals surface area contributed by atoms with Gasteiger partial charge in [-0.1, -0.05) is 71.1 Å². The molecule has 23 heavy (non-hydrogen) atoms. The first kappa shape index (κ1) is 20.9. The summed E-state index contributed by atoms with van der Waals surface area (Å²) in [6.07, 6.45) is 15.3. The van der Waals surface area contributed by atoms with E-state index < -0.39 is 0 Å². The van der Waals surface area contributed by atoms with Gasteiger partial charge in [-0.05, 0) is 6.42 Å². The Labute approximate surface area is 142 Å². The number of aliphatic hydroxyl groups is 1. The van der Waals surface area contributed by atoms with E-state index in [1.165, 1.54) is 64.2 Å². The summed E-state index contributed by atoms with van der Waals surface area (Å²) in [6, 6.07) is 0. The Balaban J connectivity index is 1.87. The van der Waals surface area contributed by atoms with Crippen molar-refractivity contribution in [3.05, 3.63) is 0 Å². The zero-order valence-electron chi connectivity index (χ0n) is 15.1. The first-order valence-corrected chi connectivity index (χ1v) is 9.80. The van der Waals surface area contributed by atoms with Crippen LogP contribution in [0.5, 0.6) is 0 Å². The average molecular weight is 331 g/mol. The van der Waals surface area contributed by atoms with Crippen molar-refractivity contribution in [1.29, 1.82) is 0 Å². The standard InChI is InChI=1S/C19H38O4/c1-2-3-4-5-6-7-8-9-10-11-12-18(19-17-23-19)22-16-15-21-14-13-20/h18-20H,2-17H2,1H3. The number of epoxide rings is 1. The molecular formula is C19H38O4. The Morgan fingerprint density at radius 2 is 1.52 bits per heavy atom. The molecule has 0 aromatic rings. The van der Waals surface area contributed by atoms with Crippen LogP contribution in [0.25, 0.3) is 0 Å². The van der Waals surface area contributed by atoms with Crippen molar-refractivity contribution >= 4 is 0 Å². The predicted molar refractivity (Wildman–Crippen MR) is 93.8 cm³/mol.